The van der Waals surface area contributed by atoms with E-state index in [0.717, 1.165) is 21.0 Å². The Balaban J connectivity index is 2.04. The fraction of sp³-hybridized carbons (Fsp3) is 0.355. The van der Waals surface area contributed by atoms with Gasteiger partial charge in [0.25, 0.3) is 10.0 Å². The topological polar surface area (TPSA) is 86.8 Å². The van der Waals surface area contributed by atoms with E-state index < -0.39 is 34.3 Å². The molecule has 1 N–H and O–H groups in total. The molecule has 0 fully saturated rings. The summed E-state index contributed by atoms with van der Waals surface area (Å²) in [5.74, 6) is -1.34. The number of hydrogen-bond acceptors (Lipinski definition) is 4. The van der Waals surface area contributed by atoms with Gasteiger partial charge in [0.1, 0.15) is 18.4 Å². The fourth-order valence-corrected chi connectivity index (χ4v) is 5.49. The van der Waals surface area contributed by atoms with Crippen molar-refractivity contribution in [2.75, 3.05) is 10.8 Å². The van der Waals surface area contributed by atoms with E-state index in [9.17, 15) is 22.4 Å². The van der Waals surface area contributed by atoms with Crippen LogP contribution in [0.1, 0.15) is 49.4 Å². The minimum absolute atomic E-state index is 0.000446. The Morgan fingerprint density at radius 2 is 1.52 bits per heavy atom. The molecule has 0 saturated carbocycles. The number of hydrogen-bond donors (Lipinski definition) is 1. The summed E-state index contributed by atoms with van der Waals surface area (Å²) >= 11 is 0. The molecule has 0 aliphatic heterocycles. The zero-order valence-electron chi connectivity index (χ0n) is 23.9. The molecule has 0 aliphatic rings. The number of nitrogens with one attached hydrogen (secondary N) is 1. The average Bonchev–Trinajstić information content (AvgIpc) is 2.92. The van der Waals surface area contributed by atoms with Gasteiger partial charge in [-0.3, -0.25) is 13.9 Å². The SMILES string of the molecule is CC[C@@H](C)NC(=O)[C@@H](C)N(Cc1ccc(F)cc1)C(=O)CN(c1ccc(C)c(C)c1)S(=O)(=O)c1ccc(C)cc1. The van der Waals surface area contributed by atoms with Gasteiger partial charge < -0.3 is 10.2 Å². The highest BCUT2D eigenvalue weighted by atomic mass is 32.2. The van der Waals surface area contributed by atoms with Crippen LogP contribution in [0, 0.1) is 26.6 Å². The molecule has 0 bridgehead atoms. The van der Waals surface area contributed by atoms with Crippen molar-refractivity contribution in [2.45, 2.75) is 71.5 Å². The van der Waals surface area contributed by atoms with Gasteiger partial charge in [0.15, 0.2) is 0 Å². The number of carbonyl (C=O) groups excluding carboxylic acids is 2. The Kier molecular flexibility index (Phi) is 10.1. The number of nitrogens with zero attached hydrogens (tertiary/aromatic N) is 2. The molecule has 0 heterocycles. The predicted molar refractivity (Wildman–Crippen MR) is 156 cm³/mol. The van der Waals surface area contributed by atoms with Crippen LogP contribution in [0.3, 0.4) is 0 Å². The molecule has 2 atom stereocenters. The highest BCUT2D eigenvalue weighted by Crippen LogP contribution is 2.27. The Hall–Kier alpha value is -3.72. The molecule has 3 rings (SSSR count). The van der Waals surface area contributed by atoms with E-state index in [0.29, 0.717) is 17.7 Å². The molecule has 0 aliphatic carbocycles. The number of anilines is 1. The predicted octanol–water partition coefficient (Wildman–Crippen LogP) is 5.28. The molecule has 7 nitrogen and oxygen atoms in total. The fourth-order valence-electron chi connectivity index (χ4n) is 4.08. The number of aryl methyl sites for hydroxylation is 3. The van der Waals surface area contributed by atoms with E-state index in [1.165, 1.54) is 29.2 Å². The summed E-state index contributed by atoms with van der Waals surface area (Å²) in [7, 11) is -4.14. The summed E-state index contributed by atoms with van der Waals surface area (Å²) in [4.78, 5) is 28.4. The molecule has 3 aromatic carbocycles. The number of benzene rings is 3. The van der Waals surface area contributed by atoms with Crippen LogP contribution in [0.4, 0.5) is 10.1 Å². The zero-order chi connectivity index (χ0) is 29.6. The lowest BCUT2D eigenvalue weighted by atomic mass is 10.1. The lowest BCUT2D eigenvalue weighted by Gasteiger charge is -2.32. The van der Waals surface area contributed by atoms with E-state index in [-0.39, 0.29) is 23.4 Å². The number of sulfonamides is 1. The monoisotopic (exact) mass is 567 g/mol. The van der Waals surface area contributed by atoms with Crippen molar-refractivity contribution in [3.8, 4) is 0 Å². The molecule has 3 aromatic rings. The summed E-state index contributed by atoms with van der Waals surface area (Å²) in [5.41, 5.74) is 3.71. The van der Waals surface area contributed by atoms with Crippen LogP contribution in [0.25, 0.3) is 0 Å². The first-order valence-electron chi connectivity index (χ1n) is 13.3. The summed E-state index contributed by atoms with van der Waals surface area (Å²) < 4.78 is 42.5. The third-order valence-electron chi connectivity index (χ3n) is 7.10. The zero-order valence-corrected chi connectivity index (χ0v) is 24.8. The van der Waals surface area contributed by atoms with E-state index in [4.69, 9.17) is 0 Å². The highest BCUT2D eigenvalue weighted by molar-refractivity contribution is 7.92. The summed E-state index contributed by atoms with van der Waals surface area (Å²) in [6.45, 7) is 10.5. The van der Waals surface area contributed by atoms with Gasteiger partial charge in [-0.2, -0.15) is 0 Å². The molecule has 40 heavy (non-hydrogen) atoms. The second-order valence-electron chi connectivity index (χ2n) is 10.2. The summed E-state index contributed by atoms with van der Waals surface area (Å²) in [6, 6.07) is 16.3. The van der Waals surface area contributed by atoms with Gasteiger partial charge in [0, 0.05) is 12.6 Å². The third-order valence-corrected chi connectivity index (χ3v) is 8.89. The maximum atomic E-state index is 13.9. The molecular weight excluding hydrogens is 529 g/mol. The smallest absolute Gasteiger partial charge is 0.264 e. The third kappa shape index (κ3) is 7.47. The molecule has 0 unspecified atom stereocenters. The summed E-state index contributed by atoms with van der Waals surface area (Å²) in [6.07, 6.45) is 0.708. The molecule has 214 valence electrons. The molecule has 0 spiro atoms. The molecule has 2 amide bonds. The van der Waals surface area contributed by atoms with Crippen molar-refractivity contribution in [2.24, 2.45) is 0 Å². The first-order chi connectivity index (χ1) is 18.8. The van der Waals surface area contributed by atoms with Crippen LogP contribution < -0.4 is 9.62 Å². The van der Waals surface area contributed by atoms with Crippen molar-refractivity contribution < 1.29 is 22.4 Å². The van der Waals surface area contributed by atoms with Gasteiger partial charge in [-0.05, 0) is 94.1 Å². The Labute approximate surface area is 237 Å². The number of amides is 2. The standard InChI is InChI=1S/C31H38FN3O4S/c1-7-24(5)33-31(37)25(6)34(19-26-11-13-27(32)14-12-26)30(36)20-35(28-15-10-22(3)23(4)18-28)40(38,39)29-16-8-21(2)9-17-29/h8-18,24-25H,7,19-20H2,1-6H3,(H,33,37)/t24-,25-/m1/s1. The quantitative estimate of drug-likeness (QED) is 0.342. The maximum absolute atomic E-state index is 13.9. The number of carbonyl (C=O) groups is 2. The average molecular weight is 568 g/mol. The largest absolute Gasteiger partial charge is 0.352 e. The van der Waals surface area contributed by atoms with Crippen LogP contribution >= 0.6 is 0 Å². The van der Waals surface area contributed by atoms with Crippen molar-refractivity contribution in [3.05, 3.63) is 94.8 Å². The minimum atomic E-state index is -4.14. The lowest BCUT2D eigenvalue weighted by molar-refractivity contribution is -0.139. The van der Waals surface area contributed by atoms with E-state index in [1.807, 2.05) is 40.7 Å². The Morgan fingerprint density at radius 3 is 2.10 bits per heavy atom. The van der Waals surface area contributed by atoms with Gasteiger partial charge in [0.2, 0.25) is 11.8 Å². The first kappa shape index (κ1) is 30.8. The minimum Gasteiger partial charge on any atom is -0.352 e. The molecular formula is C31H38FN3O4S. The number of halogens is 1. The molecule has 9 heteroatoms. The van der Waals surface area contributed by atoms with Crippen LogP contribution in [0.5, 0.6) is 0 Å². The van der Waals surface area contributed by atoms with Crippen LogP contribution in [-0.2, 0) is 26.2 Å². The summed E-state index contributed by atoms with van der Waals surface area (Å²) in [5, 5.41) is 2.89. The van der Waals surface area contributed by atoms with Crippen molar-refractivity contribution in [1.82, 2.24) is 10.2 Å². The Morgan fingerprint density at radius 1 is 0.900 bits per heavy atom. The van der Waals surface area contributed by atoms with Crippen molar-refractivity contribution >= 4 is 27.5 Å². The molecule has 0 aromatic heterocycles. The number of rotatable bonds is 11. The Bertz CT molecular complexity index is 1440. The van der Waals surface area contributed by atoms with Crippen LogP contribution in [0.15, 0.2) is 71.6 Å². The van der Waals surface area contributed by atoms with Gasteiger partial charge in [0.05, 0.1) is 10.6 Å². The van der Waals surface area contributed by atoms with Crippen LogP contribution in [-0.4, -0.2) is 43.8 Å². The van der Waals surface area contributed by atoms with E-state index in [2.05, 4.69) is 5.32 Å². The molecule has 0 radical (unpaired) electrons. The first-order valence-corrected chi connectivity index (χ1v) is 14.8. The van der Waals surface area contributed by atoms with E-state index in [1.54, 1.807) is 43.3 Å². The second kappa shape index (κ2) is 13.1. The van der Waals surface area contributed by atoms with Gasteiger partial charge >= 0.3 is 0 Å². The van der Waals surface area contributed by atoms with Crippen LogP contribution in [0.2, 0.25) is 0 Å². The highest BCUT2D eigenvalue weighted by Gasteiger charge is 2.33. The normalized spacial score (nSPS) is 12.9. The van der Waals surface area contributed by atoms with Gasteiger partial charge in [-0.25, -0.2) is 12.8 Å². The lowest BCUT2D eigenvalue weighted by Crippen LogP contribution is -2.52. The maximum Gasteiger partial charge on any atom is 0.264 e. The second-order valence-corrected chi connectivity index (χ2v) is 12.1. The van der Waals surface area contributed by atoms with Gasteiger partial charge in [-0.15, -0.1) is 0 Å². The van der Waals surface area contributed by atoms with E-state index >= 15 is 0 Å². The van der Waals surface area contributed by atoms with Crippen molar-refractivity contribution in [3.63, 3.8) is 0 Å². The van der Waals surface area contributed by atoms with Gasteiger partial charge in [-0.1, -0.05) is 42.8 Å². The van der Waals surface area contributed by atoms with Crippen molar-refractivity contribution in [1.29, 1.82) is 0 Å². The molecule has 0 saturated heterocycles.